The maximum absolute atomic E-state index is 12.6. The van der Waals surface area contributed by atoms with Gasteiger partial charge in [-0.25, -0.2) is 19.4 Å². The van der Waals surface area contributed by atoms with Crippen molar-refractivity contribution in [2.75, 3.05) is 18.8 Å². The molecule has 0 aliphatic carbocycles. The first kappa shape index (κ1) is 19.9. The molecule has 0 bridgehead atoms. The molecule has 1 fully saturated rings. The summed E-state index contributed by atoms with van der Waals surface area (Å²) in [6, 6.07) is 6.70. The van der Waals surface area contributed by atoms with Crippen molar-refractivity contribution in [2.45, 2.75) is 45.3 Å². The van der Waals surface area contributed by atoms with Gasteiger partial charge < -0.3 is 20.5 Å². The molecule has 4 rings (SSSR count). The summed E-state index contributed by atoms with van der Waals surface area (Å²) < 4.78 is 7.38. The Morgan fingerprint density at radius 1 is 1.23 bits per heavy atom. The van der Waals surface area contributed by atoms with Gasteiger partial charge in [-0.05, 0) is 57.9 Å². The van der Waals surface area contributed by atoms with Crippen molar-refractivity contribution in [3.8, 4) is 17.0 Å². The third-order valence-electron chi connectivity index (χ3n) is 5.05. The summed E-state index contributed by atoms with van der Waals surface area (Å²) in [5.74, 6) is 0.515. The van der Waals surface area contributed by atoms with Gasteiger partial charge in [0.1, 0.15) is 29.2 Å². The van der Waals surface area contributed by atoms with Gasteiger partial charge >= 0.3 is 6.09 Å². The molecule has 2 aromatic heterocycles. The second-order valence-electron chi connectivity index (χ2n) is 8.52. The predicted molar refractivity (Wildman–Crippen MR) is 113 cm³/mol. The highest BCUT2D eigenvalue weighted by atomic mass is 16.6. The van der Waals surface area contributed by atoms with Crippen molar-refractivity contribution in [3.05, 3.63) is 30.6 Å². The largest absolute Gasteiger partial charge is 0.508 e. The fraction of sp³-hybridized carbons (Fsp3) is 0.429. The molecular weight excluding hydrogens is 384 g/mol. The van der Waals surface area contributed by atoms with Crippen molar-refractivity contribution in [2.24, 2.45) is 0 Å². The summed E-state index contributed by atoms with van der Waals surface area (Å²) in [6.45, 7) is 6.70. The van der Waals surface area contributed by atoms with Gasteiger partial charge in [0.05, 0.1) is 11.4 Å². The summed E-state index contributed by atoms with van der Waals surface area (Å²) in [7, 11) is 0. The number of hydrogen-bond donors (Lipinski definition) is 2. The van der Waals surface area contributed by atoms with E-state index in [9.17, 15) is 9.90 Å². The molecule has 1 saturated heterocycles. The third kappa shape index (κ3) is 3.87. The van der Waals surface area contributed by atoms with Crippen molar-refractivity contribution in [1.29, 1.82) is 0 Å². The number of phenolic OH excluding ortho intramolecular Hbond substituents is 1. The SMILES string of the molecule is CC(C)(C)OC(=O)N1CCCC(n2nc(-c3ccc(O)cc3)c3c(N)ncnc32)C1. The lowest BCUT2D eigenvalue weighted by Crippen LogP contribution is -2.43. The van der Waals surface area contributed by atoms with Gasteiger partial charge in [0.25, 0.3) is 0 Å². The number of amides is 1. The molecule has 9 heteroatoms. The van der Waals surface area contributed by atoms with Crippen LogP contribution in [0.1, 0.15) is 39.7 Å². The number of aromatic nitrogens is 4. The molecule has 30 heavy (non-hydrogen) atoms. The summed E-state index contributed by atoms with van der Waals surface area (Å²) >= 11 is 0. The summed E-state index contributed by atoms with van der Waals surface area (Å²) in [4.78, 5) is 22.9. The number of benzene rings is 1. The zero-order chi connectivity index (χ0) is 21.5. The third-order valence-corrected chi connectivity index (χ3v) is 5.05. The summed E-state index contributed by atoms with van der Waals surface area (Å²) in [6.07, 6.45) is 2.79. The topological polar surface area (TPSA) is 119 Å². The fourth-order valence-corrected chi connectivity index (χ4v) is 3.72. The van der Waals surface area contributed by atoms with Gasteiger partial charge in [0.2, 0.25) is 0 Å². The first-order valence-electron chi connectivity index (χ1n) is 9.99. The van der Waals surface area contributed by atoms with E-state index >= 15 is 0 Å². The molecule has 1 aliphatic rings. The number of carbonyl (C=O) groups is 1. The van der Waals surface area contributed by atoms with E-state index in [1.54, 1.807) is 29.2 Å². The second-order valence-corrected chi connectivity index (χ2v) is 8.52. The number of aromatic hydroxyl groups is 1. The van der Waals surface area contributed by atoms with Gasteiger partial charge in [0, 0.05) is 18.7 Å². The van der Waals surface area contributed by atoms with Crippen LogP contribution < -0.4 is 5.73 Å². The molecule has 3 aromatic rings. The van der Waals surface area contributed by atoms with Crippen molar-refractivity contribution in [3.63, 3.8) is 0 Å². The number of phenols is 1. The lowest BCUT2D eigenvalue weighted by molar-refractivity contribution is 0.0169. The molecule has 3 heterocycles. The number of nitrogens with zero attached hydrogens (tertiary/aromatic N) is 5. The van der Waals surface area contributed by atoms with E-state index in [0.717, 1.165) is 18.4 Å². The molecule has 1 atom stereocenters. The Kier molecular flexibility index (Phi) is 4.97. The minimum Gasteiger partial charge on any atom is -0.508 e. The Labute approximate surface area is 174 Å². The van der Waals surface area contributed by atoms with Crippen LogP contribution >= 0.6 is 0 Å². The van der Waals surface area contributed by atoms with E-state index in [-0.39, 0.29) is 17.9 Å². The van der Waals surface area contributed by atoms with Crippen LogP contribution in [-0.4, -0.2) is 54.5 Å². The predicted octanol–water partition coefficient (Wildman–Crippen LogP) is 3.35. The summed E-state index contributed by atoms with van der Waals surface area (Å²) in [5.41, 5.74) is 7.71. The standard InChI is InChI=1S/C21H26N6O3/c1-21(2,3)30-20(29)26-10-4-5-14(11-26)27-19-16(18(22)23-12-24-19)17(25-27)13-6-8-15(28)9-7-13/h6-9,12,14,28H,4-5,10-11H2,1-3H3,(H2,22,23,24). The highest BCUT2D eigenvalue weighted by molar-refractivity contribution is 5.98. The molecule has 1 unspecified atom stereocenters. The Morgan fingerprint density at radius 3 is 2.67 bits per heavy atom. The Balaban J connectivity index is 1.71. The Bertz CT molecular complexity index is 1070. The highest BCUT2D eigenvalue weighted by Crippen LogP contribution is 2.34. The van der Waals surface area contributed by atoms with Crippen LogP contribution in [0.2, 0.25) is 0 Å². The average molecular weight is 410 g/mol. The van der Waals surface area contributed by atoms with Gasteiger partial charge in [-0.15, -0.1) is 0 Å². The van der Waals surface area contributed by atoms with Crippen LogP contribution in [0.15, 0.2) is 30.6 Å². The number of hydrogen-bond acceptors (Lipinski definition) is 7. The lowest BCUT2D eigenvalue weighted by Gasteiger charge is -2.34. The molecule has 1 amide bonds. The van der Waals surface area contributed by atoms with E-state index in [1.807, 2.05) is 25.5 Å². The molecule has 158 valence electrons. The minimum atomic E-state index is -0.545. The van der Waals surface area contributed by atoms with Crippen molar-refractivity contribution < 1.29 is 14.6 Å². The first-order chi connectivity index (χ1) is 14.2. The van der Waals surface area contributed by atoms with Crippen LogP contribution in [-0.2, 0) is 4.74 Å². The van der Waals surface area contributed by atoms with Gasteiger partial charge in [0.15, 0.2) is 5.65 Å². The maximum Gasteiger partial charge on any atom is 0.410 e. The molecule has 3 N–H and O–H groups in total. The van der Waals surface area contributed by atoms with E-state index in [4.69, 9.17) is 15.6 Å². The van der Waals surface area contributed by atoms with Gasteiger partial charge in [-0.1, -0.05) is 0 Å². The molecular formula is C21H26N6O3. The number of likely N-dealkylation sites (tertiary alicyclic amines) is 1. The van der Waals surface area contributed by atoms with Crippen LogP contribution in [0.25, 0.3) is 22.3 Å². The van der Waals surface area contributed by atoms with E-state index in [1.165, 1.54) is 6.33 Å². The van der Waals surface area contributed by atoms with Crippen LogP contribution in [0.5, 0.6) is 5.75 Å². The minimum absolute atomic E-state index is 0.0612. The van der Waals surface area contributed by atoms with E-state index in [2.05, 4.69) is 9.97 Å². The number of anilines is 1. The molecule has 1 aliphatic heterocycles. The van der Waals surface area contributed by atoms with Crippen LogP contribution in [0.3, 0.4) is 0 Å². The number of piperidine rings is 1. The zero-order valence-corrected chi connectivity index (χ0v) is 17.4. The molecule has 0 radical (unpaired) electrons. The molecule has 9 nitrogen and oxygen atoms in total. The first-order valence-corrected chi connectivity index (χ1v) is 9.99. The smallest absolute Gasteiger partial charge is 0.410 e. The molecule has 0 saturated carbocycles. The van der Waals surface area contributed by atoms with Crippen molar-refractivity contribution in [1.82, 2.24) is 24.6 Å². The average Bonchev–Trinajstić information content (AvgIpc) is 3.08. The zero-order valence-electron chi connectivity index (χ0n) is 17.4. The van der Waals surface area contributed by atoms with E-state index < -0.39 is 5.60 Å². The number of fused-ring (bicyclic) bond motifs is 1. The van der Waals surface area contributed by atoms with Gasteiger partial charge in [-0.3, -0.25) is 0 Å². The van der Waals surface area contributed by atoms with Crippen molar-refractivity contribution >= 4 is 22.9 Å². The number of carbonyl (C=O) groups excluding carboxylic acids is 1. The lowest BCUT2D eigenvalue weighted by atomic mass is 10.1. The maximum atomic E-state index is 12.6. The highest BCUT2D eigenvalue weighted by Gasteiger charge is 2.31. The normalized spacial score (nSPS) is 17.3. The Morgan fingerprint density at radius 2 is 1.97 bits per heavy atom. The van der Waals surface area contributed by atoms with Crippen LogP contribution in [0.4, 0.5) is 10.6 Å². The van der Waals surface area contributed by atoms with Crippen LogP contribution in [0, 0.1) is 0 Å². The molecule has 1 aromatic carbocycles. The number of ether oxygens (including phenoxy) is 1. The van der Waals surface area contributed by atoms with Gasteiger partial charge in [-0.2, -0.15) is 5.10 Å². The number of rotatable bonds is 2. The number of nitrogens with two attached hydrogens (primary N) is 1. The Hall–Kier alpha value is -3.36. The number of nitrogen functional groups attached to an aromatic ring is 1. The quantitative estimate of drug-likeness (QED) is 0.665. The second kappa shape index (κ2) is 7.47. The summed E-state index contributed by atoms with van der Waals surface area (Å²) in [5, 5.41) is 15.1. The molecule has 0 spiro atoms. The fourth-order valence-electron chi connectivity index (χ4n) is 3.72. The van der Waals surface area contributed by atoms with E-state index in [0.29, 0.717) is 35.6 Å². The monoisotopic (exact) mass is 410 g/mol.